The van der Waals surface area contributed by atoms with Crippen molar-refractivity contribution < 1.29 is 18.3 Å². The molecule has 3 aromatic rings. The molecular formula is C24H25N5O4S. The third-order valence-electron chi connectivity index (χ3n) is 6.06. The van der Waals surface area contributed by atoms with Gasteiger partial charge in [-0.25, -0.2) is 9.19 Å². The molecule has 2 aromatic heterocycles. The van der Waals surface area contributed by atoms with E-state index in [1.54, 1.807) is 19.4 Å². The van der Waals surface area contributed by atoms with Gasteiger partial charge in [0.1, 0.15) is 17.7 Å². The zero-order valence-electron chi connectivity index (χ0n) is 18.9. The van der Waals surface area contributed by atoms with Crippen molar-refractivity contribution in [3.63, 3.8) is 0 Å². The van der Waals surface area contributed by atoms with E-state index in [9.17, 15) is 13.6 Å². The Labute approximate surface area is 200 Å². The molecule has 10 heteroatoms. The first-order valence-electron chi connectivity index (χ1n) is 11.0. The summed E-state index contributed by atoms with van der Waals surface area (Å²) in [6.45, 7) is 3.02. The van der Waals surface area contributed by atoms with E-state index < -0.39 is 11.3 Å². The summed E-state index contributed by atoms with van der Waals surface area (Å²) in [5.41, 5.74) is 5.35. The Morgan fingerprint density at radius 1 is 1.24 bits per heavy atom. The summed E-state index contributed by atoms with van der Waals surface area (Å²) in [6.07, 6.45) is 6.45. The molecule has 2 unspecified atom stereocenters. The maximum absolute atomic E-state index is 12.1. The quantitative estimate of drug-likeness (QED) is 0.514. The van der Waals surface area contributed by atoms with Gasteiger partial charge in [0, 0.05) is 67.4 Å². The van der Waals surface area contributed by atoms with Crippen LogP contribution in [0.15, 0.2) is 48.9 Å². The standard InChI is InChI=1S/C24H25N5O4S/c1-15-20-10-23(27-17-8-16(11-25-12-17)14-28(2)34(31)32)26-13-21(20)19-6-5-18(9-22(19)33-15)29-7-3-4-24(29)30/h5-6,8-13,15H,3-4,7,14H2,1-2H3,(H,26,27)(H,31,32). The van der Waals surface area contributed by atoms with E-state index in [4.69, 9.17) is 4.74 Å². The predicted molar refractivity (Wildman–Crippen MR) is 130 cm³/mol. The first-order valence-corrected chi connectivity index (χ1v) is 12.1. The average molecular weight is 480 g/mol. The molecule has 2 N–H and O–H groups in total. The Bertz CT molecular complexity index is 1280. The van der Waals surface area contributed by atoms with Gasteiger partial charge in [0.25, 0.3) is 0 Å². The summed E-state index contributed by atoms with van der Waals surface area (Å²) in [7, 11) is 1.56. The second-order valence-corrected chi connectivity index (χ2v) is 9.55. The van der Waals surface area contributed by atoms with Crippen LogP contribution >= 0.6 is 0 Å². The number of pyridine rings is 2. The zero-order valence-corrected chi connectivity index (χ0v) is 19.7. The SMILES string of the molecule is CC1Oc2cc(N3CCCC3=O)ccc2-c2cnc(Nc3cncc(CN(C)S(=O)O)c3)cc21. The summed E-state index contributed by atoms with van der Waals surface area (Å²) < 4.78 is 27.9. The molecule has 9 nitrogen and oxygen atoms in total. The van der Waals surface area contributed by atoms with Gasteiger partial charge >= 0.3 is 0 Å². The molecule has 1 fully saturated rings. The van der Waals surface area contributed by atoms with Crippen molar-refractivity contribution in [2.45, 2.75) is 32.4 Å². The first-order chi connectivity index (χ1) is 16.4. The number of rotatable bonds is 6. The van der Waals surface area contributed by atoms with Crippen LogP contribution in [0, 0.1) is 0 Å². The molecule has 1 amide bonds. The molecule has 0 radical (unpaired) electrons. The Balaban J connectivity index is 1.39. The second kappa shape index (κ2) is 9.13. The summed E-state index contributed by atoms with van der Waals surface area (Å²) in [5.74, 6) is 1.55. The number of benzene rings is 1. The van der Waals surface area contributed by atoms with E-state index >= 15 is 0 Å². The molecule has 0 saturated carbocycles. The van der Waals surface area contributed by atoms with Gasteiger partial charge < -0.3 is 15.0 Å². The Hall–Kier alpha value is -3.34. The van der Waals surface area contributed by atoms with Gasteiger partial charge in [-0.05, 0) is 43.2 Å². The topological polar surface area (TPSA) is 108 Å². The third kappa shape index (κ3) is 4.39. The molecule has 4 heterocycles. The number of carbonyl (C=O) groups excluding carboxylic acids is 1. The van der Waals surface area contributed by atoms with E-state index in [0.29, 0.717) is 12.2 Å². The lowest BCUT2D eigenvalue weighted by Gasteiger charge is -2.28. The number of nitrogens with zero attached hydrogens (tertiary/aromatic N) is 4. The molecule has 5 rings (SSSR count). The maximum Gasteiger partial charge on any atom is 0.234 e. The van der Waals surface area contributed by atoms with Gasteiger partial charge in [0.05, 0.1) is 11.9 Å². The second-order valence-electron chi connectivity index (χ2n) is 8.47. The summed E-state index contributed by atoms with van der Waals surface area (Å²) in [4.78, 5) is 22.8. The highest BCUT2D eigenvalue weighted by Crippen LogP contribution is 2.44. The minimum atomic E-state index is -2.04. The lowest BCUT2D eigenvalue weighted by molar-refractivity contribution is -0.117. The van der Waals surface area contributed by atoms with Crippen LogP contribution in [-0.4, -0.2) is 42.5 Å². The van der Waals surface area contributed by atoms with Crippen LogP contribution in [0.2, 0.25) is 0 Å². The number of carbonyl (C=O) groups is 1. The molecule has 34 heavy (non-hydrogen) atoms. The normalized spacial score (nSPS) is 17.8. The van der Waals surface area contributed by atoms with Gasteiger partial charge in [-0.3, -0.25) is 14.3 Å². The van der Waals surface area contributed by atoms with Gasteiger partial charge in [0.15, 0.2) is 0 Å². The minimum Gasteiger partial charge on any atom is -0.485 e. The smallest absolute Gasteiger partial charge is 0.234 e. The lowest BCUT2D eigenvalue weighted by atomic mass is 9.94. The molecule has 0 spiro atoms. The number of ether oxygens (including phenoxy) is 1. The molecule has 0 aliphatic carbocycles. The van der Waals surface area contributed by atoms with Crippen LogP contribution in [0.25, 0.3) is 11.1 Å². The van der Waals surface area contributed by atoms with E-state index in [0.717, 1.165) is 52.3 Å². The number of nitrogens with one attached hydrogen (secondary N) is 1. The molecule has 2 atom stereocenters. The van der Waals surface area contributed by atoms with Crippen molar-refractivity contribution in [2.24, 2.45) is 0 Å². The molecule has 2 aliphatic rings. The van der Waals surface area contributed by atoms with Crippen LogP contribution in [0.4, 0.5) is 17.2 Å². The van der Waals surface area contributed by atoms with E-state index in [1.165, 1.54) is 4.31 Å². The first kappa shape index (κ1) is 22.5. The summed E-state index contributed by atoms with van der Waals surface area (Å²) in [6, 6.07) is 9.73. The predicted octanol–water partition coefficient (Wildman–Crippen LogP) is 4.04. The Morgan fingerprint density at radius 3 is 2.85 bits per heavy atom. The van der Waals surface area contributed by atoms with Crippen LogP contribution in [0.3, 0.4) is 0 Å². The largest absolute Gasteiger partial charge is 0.485 e. The summed E-state index contributed by atoms with van der Waals surface area (Å²) in [5, 5.41) is 3.26. The van der Waals surface area contributed by atoms with Crippen LogP contribution in [0.5, 0.6) is 5.75 Å². The Morgan fingerprint density at radius 2 is 2.09 bits per heavy atom. The highest BCUT2D eigenvalue weighted by atomic mass is 32.2. The van der Waals surface area contributed by atoms with Gasteiger partial charge in [0.2, 0.25) is 17.2 Å². The van der Waals surface area contributed by atoms with Crippen molar-refractivity contribution in [3.8, 4) is 16.9 Å². The number of anilines is 3. The van der Waals surface area contributed by atoms with E-state index in [2.05, 4.69) is 15.3 Å². The minimum absolute atomic E-state index is 0.149. The maximum atomic E-state index is 12.1. The van der Waals surface area contributed by atoms with Crippen LogP contribution < -0.4 is 15.0 Å². The van der Waals surface area contributed by atoms with Gasteiger partial charge in [-0.2, -0.15) is 4.31 Å². The fraction of sp³-hybridized carbons (Fsp3) is 0.292. The lowest BCUT2D eigenvalue weighted by Crippen LogP contribution is -2.24. The number of fused-ring (bicyclic) bond motifs is 3. The number of aromatic nitrogens is 2. The molecule has 176 valence electrons. The van der Waals surface area contributed by atoms with Gasteiger partial charge in [-0.1, -0.05) is 0 Å². The zero-order chi connectivity index (χ0) is 23.8. The summed E-state index contributed by atoms with van der Waals surface area (Å²) >= 11 is -2.04. The van der Waals surface area contributed by atoms with E-state index in [1.807, 2.05) is 48.4 Å². The van der Waals surface area contributed by atoms with Crippen molar-refractivity contribution in [1.29, 1.82) is 0 Å². The molecule has 2 aliphatic heterocycles. The number of hydrogen-bond acceptors (Lipinski definition) is 6. The van der Waals surface area contributed by atoms with Crippen LogP contribution in [-0.2, 0) is 22.6 Å². The van der Waals surface area contributed by atoms with Crippen LogP contribution in [0.1, 0.15) is 37.0 Å². The molecule has 1 saturated heterocycles. The van der Waals surface area contributed by atoms with Crippen molar-refractivity contribution in [3.05, 3.63) is 60.0 Å². The highest BCUT2D eigenvalue weighted by Gasteiger charge is 2.27. The molecule has 0 bridgehead atoms. The fourth-order valence-corrected chi connectivity index (χ4v) is 4.64. The van der Waals surface area contributed by atoms with E-state index in [-0.39, 0.29) is 18.6 Å². The number of hydrogen-bond donors (Lipinski definition) is 2. The monoisotopic (exact) mass is 479 g/mol. The van der Waals surface area contributed by atoms with Gasteiger partial charge in [-0.15, -0.1) is 0 Å². The highest BCUT2D eigenvalue weighted by molar-refractivity contribution is 7.76. The third-order valence-corrected chi connectivity index (χ3v) is 6.72. The van der Waals surface area contributed by atoms with Crippen molar-refractivity contribution in [1.82, 2.24) is 14.3 Å². The molecule has 1 aromatic carbocycles. The number of amides is 1. The fourth-order valence-electron chi connectivity index (χ4n) is 4.38. The Kier molecular flexibility index (Phi) is 6.03. The van der Waals surface area contributed by atoms with Crippen molar-refractivity contribution in [2.75, 3.05) is 23.8 Å². The van der Waals surface area contributed by atoms with Crippen molar-refractivity contribution >= 4 is 34.4 Å². The molecular weight excluding hydrogens is 454 g/mol. The average Bonchev–Trinajstić information content (AvgIpc) is 3.25.